The van der Waals surface area contributed by atoms with Crippen LogP contribution in [0.3, 0.4) is 0 Å². The summed E-state index contributed by atoms with van der Waals surface area (Å²) >= 11 is 6.04. The number of benzene rings is 2. The molecule has 2 N–H and O–H groups in total. The molecule has 21 heavy (non-hydrogen) atoms. The molecule has 7 heteroatoms. The van der Waals surface area contributed by atoms with E-state index in [1.807, 2.05) is 0 Å². The Labute approximate surface area is 124 Å². The lowest BCUT2D eigenvalue weighted by molar-refractivity contribution is 0.575. The maximum atomic E-state index is 13.7. The first-order valence-electron chi connectivity index (χ1n) is 6.04. The molecule has 0 radical (unpaired) electrons. The van der Waals surface area contributed by atoms with Crippen molar-refractivity contribution in [2.45, 2.75) is 0 Å². The quantitative estimate of drug-likeness (QED) is 0.896. The van der Waals surface area contributed by atoms with Crippen LogP contribution in [-0.4, -0.2) is 11.7 Å². The van der Waals surface area contributed by atoms with Crippen LogP contribution in [0, 0.1) is 11.6 Å². The number of nitrogens with one attached hydrogen (secondary N) is 2. The summed E-state index contributed by atoms with van der Waals surface area (Å²) < 4.78 is 27.3. The summed E-state index contributed by atoms with van der Waals surface area (Å²) in [5, 5.41) is 8.21. The zero-order valence-electron chi connectivity index (χ0n) is 10.6. The Bertz CT molecular complexity index is 738. The molecule has 3 rings (SSSR count). The summed E-state index contributed by atoms with van der Waals surface area (Å²) in [6, 6.07) is 10.6. The Kier molecular flexibility index (Phi) is 3.53. The third kappa shape index (κ3) is 2.57. The molecule has 0 amide bonds. The number of rotatable bonds is 2. The van der Waals surface area contributed by atoms with Gasteiger partial charge >= 0.3 is 0 Å². The number of halogens is 3. The van der Waals surface area contributed by atoms with Crippen LogP contribution in [0.5, 0.6) is 0 Å². The van der Waals surface area contributed by atoms with E-state index in [1.54, 1.807) is 24.3 Å². The topological polar surface area (TPSA) is 48.8 Å². The minimum Gasteiger partial charge on any atom is -0.281 e. The number of hydrogen-bond donors (Lipinski definition) is 2. The highest BCUT2D eigenvalue weighted by Crippen LogP contribution is 2.17. The lowest BCUT2D eigenvalue weighted by Gasteiger charge is -2.18. The van der Waals surface area contributed by atoms with Crippen LogP contribution < -0.4 is 10.9 Å². The van der Waals surface area contributed by atoms with Gasteiger partial charge in [-0.05, 0) is 24.3 Å². The standard InChI is InChI=1S/C14H9ClF2N4/c15-9-5-2-1-4-8(9)13-18-20-14(21-19-13)12-10(16)6-3-7-11(12)17/h1-7H,(H,18,19)(H,20,21). The number of nitrogens with zero attached hydrogens (tertiary/aromatic N) is 2. The van der Waals surface area contributed by atoms with Gasteiger partial charge in [0.15, 0.2) is 11.7 Å². The molecule has 0 aromatic heterocycles. The van der Waals surface area contributed by atoms with Crippen LogP contribution in [-0.2, 0) is 0 Å². The minimum absolute atomic E-state index is 0.0404. The zero-order chi connectivity index (χ0) is 14.8. The normalized spacial score (nSPS) is 13.9. The highest BCUT2D eigenvalue weighted by atomic mass is 35.5. The maximum Gasteiger partial charge on any atom is 0.180 e. The van der Waals surface area contributed by atoms with Gasteiger partial charge in [0, 0.05) is 5.56 Å². The average molecular weight is 307 g/mol. The van der Waals surface area contributed by atoms with E-state index >= 15 is 0 Å². The van der Waals surface area contributed by atoms with Crippen LogP contribution in [0.15, 0.2) is 52.7 Å². The van der Waals surface area contributed by atoms with E-state index in [2.05, 4.69) is 21.1 Å². The second kappa shape index (κ2) is 5.49. The summed E-state index contributed by atoms with van der Waals surface area (Å²) in [7, 11) is 0. The first-order chi connectivity index (χ1) is 10.2. The first kappa shape index (κ1) is 13.5. The minimum atomic E-state index is -0.723. The van der Waals surface area contributed by atoms with Gasteiger partial charge in [0.1, 0.15) is 11.6 Å². The van der Waals surface area contributed by atoms with E-state index in [-0.39, 0.29) is 11.4 Å². The molecular weight excluding hydrogens is 298 g/mol. The van der Waals surface area contributed by atoms with Crippen molar-refractivity contribution in [3.8, 4) is 0 Å². The lowest BCUT2D eigenvalue weighted by atomic mass is 10.1. The summed E-state index contributed by atoms with van der Waals surface area (Å²) in [6.45, 7) is 0. The Morgan fingerprint density at radius 1 is 0.810 bits per heavy atom. The third-order valence-corrected chi connectivity index (χ3v) is 3.21. The fourth-order valence-electron chi connectivity index (χ4n) is 1.88. The molecule has 1 heterocycles. The molecule has 0 saturated heterocycles. The van der Waals surface area contributed by atoms with Crippen LogP contribution in [0.25, 0.3) is 0 Å². The van der Waals surface area contributed by atoms with E-state index in [9.17, 15) is 8.78 Å². The second-order valence-corrected chi connectivity index (χ2v) is 4.63. The molecule has 0 saturated carbocycles. The van der Waals surface area contributed by atoms with Crippen molar-refractivity contribution in [2.75, 3.05) is 0 Å². The Morgan fingerprint density at radius 2 is 1.43 bits per heavy atom. The number of hydrogen-bond acceptors (Lipinski definition) is 4. The smallest absolute Gasteiger partial charge is 0.180 e. The van der Waals surface area contributed by atoms with Crippen LogP contribution >= 0.6 is 11.6 Å². The summed E-state index contributed by atoms with van der Waals surface area (Å²) in [5.41, 5.74) is 5.71. The van der Waals surface area contributed by atoms with Crippen molar-refractivity contribution in [2.24, 2.45) is 10.2 Å². The zero-order valence-corrected chi connectivity index (χ0v) is 11.3. The van der Waals surface area contributed by atoms with Gasteiger partial charge in [0.05, 0.1) is 10.6 Å². The van der Waals surface area contributed by atoms with Gasteiger partial charge in [-0.2, -0.15) is 0 Å². The van der Waals surface area contributed by atoms with E-state index in [0.29, 0.717) is 16.4 Å². The monoisotopic (exact) mass is 306 g/mol. The van der Waals surface area contributed by atoms with Gasteiger partial charge in [0.2, 0.25) is 0 Å². The highest BCUT2D eigenvalue weighted by molar-refractivity contribution is 6.34. The van der Waals surface area contributed by atoms with Gasteiger partial charge < -0.3 is 0 Å². The molecule has 1 aliphatic heterocycles. The third-order valence-electron chi connectivity index (χ3n) is 2.88. The molecule has 0 aliphatic carbocycles. The molecule has 2 aromatic carbocycles. The van der Waals surface area contributed by atoms with Gasteiger partial charge in [0.25, 0.3) is 0 Å². The van der Waals surface area contributed by atoms with E-state index in [1.165, 1.54) is 6.07 Å². The summed E-state index contributed by atoms with van der Waals surface area (Å²) in [6.07, 6.45) is 0. The molecule has 2 aromatic rings. The molecule has 0 fully saturated rings. The van der Waals surface area contributed by atoms with Crippen molar-refractivity contribution < 1.29 is 8.78 Å². The van der Waals surface area contributed by atoms with Crippen molar-refractivity contribution in [1.29, 1.82) is 0 Å². The van der Waals surface area contributed by atoms with Crippen molar-refractivity contribution in [3.63, 3.8) is 0 Å². The van der Waals surface area contributed by atoms with Gasteiger partial charge in [-0.3, -0.25) is 10.9 Å². The van der Waals surface area contributed by atoms with E-state index in [4.69, 9.17) is 11.6 Å². The SMILES string of the molecule is Fc1cccc(F)c1C1=NN=C(c2ccccc2Cl)NN1. The fraction of sp³-hybridized carbons (Fsp3) is 0. The lowest BCUT2D eigenvalue weighted by Crippen LogP contribution is -2.45. The van der Waals surface area contributed by atoms with Crippen LogP contribution in [0.4, 0.5) is 8.78 Å². The number of amidine groups is 2. The molecule has 1 aliphatic rings. The average Bonchev–Trinajstić information content (AvgIpc) is 2.48. The molecule has 0 bridgehead atoms. The Balaban J connectivity index is 1.98. The molecule has 0 unspecified atom stereocenters. The van der Waals surface area contributed by atoms with Gasteiger partial charge in [-0.1, -0.05) is 29.8 Å². The van der Waals surface area contributed by atoms with Gasteiger partial charge in [-0.15, -0.1) is 10.2 Å². The van der Waals surface area contributed by atoms with Crippen molar-refractivity contribution in [3.05, 3.63) is 70.2 Å². The van der Waals surface area contributed by atoms with E-state index < -0.39 is 11.6 Å². The number of hydrazine groups is 1. The predicted molar refractivity (Wildman–Crippen MR) is 77.2 cm³/mol. The van der Waals surface area contributed by atoms with Crippen molar-refractivity contribution in [1.82, 2.24) is 10.9 Å². The molecule has 0 spiro atoms. The Morgan fingerprint density at radius 3 is 2.05 bits per heavy atom. The molecule has 0 atom stereocenters. The molecule has 106 valence electrons. The van der Waals surface area contributed by atoms with Crippen LogP contribution in [0.2, 0.25) is 5.02 Å². The van der Waals surface area contributed by atoms with Gasteiger partial charge in [-0.25, -0.2) is 8.78 Å². The summed E-state index contributed by atoms with van der Waals surface area (Å²) in [5.74, 6) is -1.12. The highest BCUT2D eigenvalue weighted by Gasteiger charge is 2.19. The largest absolute Gasteiger partial charge is 0.281 e. The second-order valence-electron chi connectivity index (χ2n) is 4.22. The maximum absolute atomic E-state index is 13.7. The van der Waals surface area contributed by atoms with E-state index in [0.717, 1.165) is 12.1 Å². The Hall–Kier alpha value is -2.47. The van der Waals surface area contributed by atoms with Crippen LogP contribution in [0.1, 0.15) is 11.1 Å². The van der Waals surface area contributed by atoms with Crippen molar-refractivity contribution >= 4 is 23.3 Å². The predicted octanol–water partition coefficient (Wildman–Crippen LogP) is 2.83. The summed E-state index contributed by atoms with van der Waals surface area (Å²) in [4.78, 5) is 0. The molecule has 4 nitrogen and oxygen atoms in total. The first-order valence-corrected chi connectivity index (χ1v) is 6.41. The fourth-order valence-corrected chi connectivity index (χ4v) is 2.10. The molecular formula is C14H9ClF2N4.